The molecule has 2 heteroatoms. The van der Waals surface area contributed by atoms with Crippen LogP contribution < -0.4 is 0 Å². The van der Waals surface area contributed by atoms with Gasteiger partial charge < -0.3 is 9.47 Å². The van der Waals surface area contributed by atoms with Crippen molar-refractivity contribution < 1.29 is 9.47 Å². The van der Waals surface area contributed by atoms with E-state index in [1.54, 1.807) is 7.11 Å². The summed E-state index contributed by atoms with van der Waals surface area (Å²) in [6.07, 6.45) is 9.91. The van der Waals surface area contributed by atoms with Gasteiger partial charge in [0, 0.05) is 26.9 Å². The highest BCUT2D eigenvalue weighted by molar-refractivity contribution is 5.09. The Labute approximate surface area is 92.6 Å². The Kier molecular flexibility index (Phi) is 4.21. The van der Waals surface area contributed by atoms with Crippen molar-refractivity contribution in [1.82, 2.24) is 0 Å². The van der Waals surface area contributed by atoms with Crippen LogP contribution in [0.25, 0.3) is 0 Å². The van der Waals surface area contributed by atoms with Crippen molar-refractivity contribution in [3.8, 4) is 0 Å². The van der Waals surface area contributed by atoms with Crippen LogP contribution in [0.1, 0.15) is 25.7 Å². The number of allylic oxidation sites excluding steroid dienone is 2. The van der Waals surface area contributed by atoms with Gasteiger partial charge >= 0.3 is 0 Å². The molecule has 2 aliphatic rings. The molecule has 2 rings (SSSR count). The second kappa shape index (κ2) is 5.66. The van der Waals surface area contributed by atoms with Crippen LogP contribution in [-0.4, -0.2) is 26.9 Å². The van der Waals surface area contributed by atoms with E-state index in [1.807, 2.05) is 0 Å². The molecular formula is C13H22O2. The van der Waals surface area contributed by atoms with Crippen LogP contribution in [0, 0.1) is 17.8 Å². The lowest BCUT2D eigenvalue weighted by Gasteiger charge is -2.17. The van der Waals surface area contributed by atoms with Crippen molar-refractivity contribution in [3.05, 3.63) is 12.2 Å². The van der Waals surface area contributed by atoms with E-state index in [2.05, 4.69) is 12.2 Å². The molecule has 15 heavy (non-hydrogen) atoms. The van der Waals surface area contributed by atoms with Crippen molar-refractivity contribution in [2.24, 2.45) is 17.8 Å². The lowest BCUT2D eigenvalue weighted by atomic mass is 9.91. The molecule has 2 nitrogen and oxygen atoms in total. The molecule has 0 aromatic heterocycles. The van der Waals surface area contributed by atoms with E-state index in [4.69, 9.17) is 9.47 Å². The molecule has 0 radical (unpaired) electrons. The molecule has 0 aromatic rings. The quantitative estimate of drug-likeness (QED) is 0.475. The summed E-state index contributed by atoms with van der Waals surface area (Å²) in [5.41, 5.74) is 0. The molecule has 0 aromatic carbocycles. The van der Waals surface area contributed by atoms with Crippen LogP contribution in [0.4, 0.5) is 0 Å². The number of ether oxygens (including phenoxy) is 2. The number of hydrogen-bond donors (Lipinski definition) is 0. The molecular weight excluding hydrogens is 188 g/mol. The summed E-state index contributed by atoms with van der Waals surface area (Å²) < 4.78 is 10.6. The zero-order chi connectivity index (χ0) is 10.5. The van der Waals surface area contributed by atoms with E-state index in [9.17, 15) is 0 Å². The molecule has 2 bridgehead atoms. The van der Waals surface area contributed by atoms with Crippen LogP contribution in [0.3, 0.4) is 0 Å². The fourth-order valence-corrected chi connectivity index (χ4v) is 2.87. The van der Waals surface area contributed by atoms with E-state index in [0.29, 0.717) is 0 Å². The Hall–Kier alpha value is -0.340. The number of hydrogen-bond acceptors (Lipinski definition) is 2. The molecule has 0 N–H and O–H groups in total. The minimum absolute atomic E-state index is 0.816. The highest BCUT2D eigenvalue weighted by Gasteiger charge is 2.34. The Balaban J connectivity index is 1.50. The first kappa shape index (κ1) is 11.2. The first-order valence-electron chi connectivity index (χ1n) is 6.15. The van der Waals surface area contributed by atoms with Gasteiger partial charge in [-0.25, -0.2) is 0 Å². The van der Waals surface area contributed by atoms with Crippen LogP contribution >= 0.6 is 0 Å². The first-order valence-corrected chi connectivity index (χ1v) is 6.15. The molecule has 86 valence electrons. The van der Waals surface area contributed by atoms with E-state index in [-0.39, 0.29) is 0 Å². The van der Waals surface area contributed by atoms with Gasteiger partial charge in [-0.2, -0.15) is 0 Å². The first-order chi connectivity index (χ1) is 7.40. The van der Waals surface area contributed by atoms with E-state index in [1.165, 1.54) is 19.3 Å². The highest BCUT2D eigenvalue weighted by Crippen LogP contribution is 2.44. The predicted octanol–water partition coefficient (Wildman–Crippen LogP) is 2.64. The van der Waals surface area contributed by atoms with Gasteiger partial charge in [-0.15, -0.1) is 0 Å². The third-order valence-corrected chi connectivity index (χ3v) is 3.69. The second-order valence-corrected chi connectivity index (χ2v) is 4.79. The number of rotatable bonds is 7. The van der Waals surface area contributed by atoms with Gasteiger partial charge in [0.05, 0.1) is 0 Å². The molecule has 2 aliphatic carbocycles. The van der Waals surface area contributed by atoms with Gasteiger partial charge in [0.2, 0.25) is 0 Å². The normalized spacial score (nSPS) is 32.7. The van der Waals surface area contributed by atoms with Gasteiger partial charge in [-0.05, 0) is 43.4 Å². The summed E-state index contributed by atoms with van der Waals surface area (Å²) >= 11 is 0. The molecule has 0 amide bonds. The van der Waals surface area contributed by atoms with E-state index < -0.39 is 0 Å². The van der Waals surface area contributed by atoms with Gasteiger partial charge in [-0.1, -0.05) is 12.2 Å². The topological polar surface area (TPSA) is 18.5 Å². The zero-order valence-electron chi connectivity index (χ0n) is 9.65. The van der Waals surface area contributed by atoms with Gasteiger partial charge in [0.25, 0.3) is 0 Å². The monoisotopic (exact) mass is 210 g/mol. The van der Waals surface area contributed by atoms with Crippen molar-refractivity contribution in [1.29, 1.82) is 0 Å². The average Bonchev–Trinajstić information content (AvgIpc) is 2.85. The Morgan fingerprint density at radius 3 is 2.73 bits per heavy atom. The van der Waals surface area contributed by atoms with Gasteiger partial charge in [0.15, 0.2) is 0 Å². The van der Waals surface area contributed by atoms with Crippen molar-refractivity contribution in [3.63, 3.8) is 0 Å². The molecule has 0 saturated heterocycles. The van der Waals surface area contributed by atoms with E-state index in [0.717, 1.165) is 44.0 Å². The fraction of sp³-hybridized carbons (Fsp3) is 0.846. The number of methoxy groups -OCH3 is 1. The SMILES string of the molecule is COCCCOCCC1CC2C=CC1C2. The lowest BCUT2D eigenvalue weighted by molar-refractivity contribution is 0.0915. The van der Waals surface area contributed by atoms with Crippen LogP contribution in [0.5, 0.6) is 0 Å². The average molecular weight is 210 g/mol. The van der Waals surface area contributed by atoms with Crippen molar-refractivity contribution in [2.45, 2.75) is 25.7 Å². The standard InChI is InChI=1S/C13H22O2/c1-14-6-2-7-15-8-5-13-10-11-3-4-12(13)9-11/h3-4,11-13H,2,5-10H2,1H3. The third-order valence-electron chi connectivity index (χ3n) is 3.69. The molecule has 0 spiro atoms. The fourth-order valence-electron chi connectivity index (χ4n) is 2.87. The molecule has 1 fully saturated rings. The van der Waals surface area contributed by atoms with Crippen LogP contribution in [0.15, 0.2) is 12.2 Å². The predicted molar refractivity (Wildman–Crippen MR) is 60.8 cm³/mol. The smallest absolute Gasteiger partial charge is 0.0487 e. The summed E-state index contributed by atoms with van der Waals surface area (Å²) in [5.74, 6) is 2.67. The highest BCUT2D eigenvalue weighted by atomic mass is 16.5. The molecule has 1 saturated carbocycles. The maximum absolute atomic E-state index is 5.60. The van der Waals surface area contributed by atoms with Crippen molar-refractivity contribution in [2.75, 3.05) is 26.9 Å². The Morgan fingerprint density at radius 2 is 2.07 bits per heavy atom. The lowest BCUT2D eigenvalue weighted by Crippen LogP contribution is -2.11. The summed E-state index contributed by atoms with van der Waals surface area (Å²) in [7, 11) is 1.74. The molecule has 3 unspecified atom stereocenters. The Bertz CT molecular complexity index is 213. The number of fused-ring (bicyclic) bond motifs is 2. The summed E-state index contributed by atoms with van der Waals surface area (Å²) in [5, 5.41) is 0. The molecule has 3 atom stereocenters. The van der Waals surface area contributed by atoms with Crippen LogP contribution in [-0.2, 0) is 9.47 Å². The van der Waals surface area contributed by atoms with Crippen LogP contribution in [0.2, 0.25) is 0 Å². The molecule has 0 heterocycles. The maximum atomic E-state index is 5.60. The summed E-state index contributed by atoms with van der Waals surface area (Å²) in [4.78, 5) is 0. The van der Waals surface area contributed by atoms with Crippen molar-refractivity contribution >= 4 is 0 Å². The zero-order valence-corrected chi connectivity index (χ0v) is 9.65. The summed E-state index contributed by atoms with van der Waals surface area (Å²) in [6.45, 7) is 2.60. The van der Waals surface area contributed by atoms with Gasteiger partial charge in [0.1, 0.15) is 0 Å². The Morgan fingerprint density at radius 1 is 1.13 bits per heavy atom. The minimum Gasteiger partial charge on any atom is -0.385 e. The van der Waals surface area contributed by atoms with E-state index >= 15 is 0 Å². The third kappa shape index (κ3) is 3.05. The largest absolute Gasteiger partial charge is 0.385 e. The maximum Gasteiger partial charge on any atom is 0.0487 e. The molecule has 0 aliphatic heterocycles. The second-order valence-electron chi connectivity index (χ2n) is 4.79. The minimum atomic E-state index is 0.816. The van der Waals surface area contributed by atoms with Gasteiger partial charge in [-0.3, -0.25) is 0 Å². The summed E-state index contributed by atoms with van der Waals surface area (Å²) in [6, 6.07) is 0.